The quantitative estimate of drug-likeness (QED) is 0.845. The molecule has 1 nitrogen and oxygen atoms in total. The maximum absolute atomic E-state index is 10.3. The SMILES string of the molecule is CC(C)C(O)C(c1ccc(Cl)cc1)C1CC1. The van der Waals surface area contributed by atoms with Gasteiger partial charge in [-0.2, -0.15) is 0 Å². The van der Waals surface area contributed by atoms with Gasteiger partial charge in [-0.05, 0) is 42.4 Å². The van der Waals surface area contributed by atoms with Crippen molar-refractivity contribution in [1.82, 2.24) is 0 Å². The lowest BCUT2D eigenvalue weighted by Crippen LogP contribution is -2.25. The highest BCUT2D eigenvalue weighted by molar-refractivity contribution is 6.30. The lowest BCUT2D eigenvalue weighted by Gasteiger charge is -2.26. The van der Waals surface area contributed by atoms with Crippen molar-refractivity contribution < 1.29 is 5.11 Å². The van der Waals surface area contributed by atoms with E-state index in [1.807, 2.05) is 12.1 Å². The van der Waals surface area contributed by atoms with Crippen LogP contribution in [0.1, 0.15) is 38.2 Å². The van der Waals surface area contributed by atoms with Crippen molar-refractivity contribution in [3.05, 3.63) is 34.9 Å². The molecule has 1 saturated carbocycles. The smallest absolute Gasteiger partial charge is 0.0634 e. The molecule has 0 aliphatic heterocycles. The molecule has 0 radical (unpaired) electrons. The van der Waals surface area contributed by atoms with E-state index in [-0.39, 0.29) is 12.0 Å². The van der Waals surface area contributed by atoms with E-state index < -0.39 is 0 Å². The average molecular weight is 239 g/mol. The summed E-state index contributed by atoms with van der Waals surface area (Å²) in [6.07, 6.45) is 2.25. The fourth-order valence-corrected chi connectivity index (χ4v) is 2.43. The zero-order chi connectivity index (χ0) is 11.7. The van der Waals surface area contributed by atoms with Crippen LogP contribution in [0, 0.1) is 11.8 Å². The van der Waals surface area contributed by atoms with Gasteiger partial charge in [-0.1, -0.05) is 37.6 Å². The maximum Gasteiger partial charge on any atom is 0.0634 e. The van der Waals surface area contributed by atoms with Crippen LogP contribution in [0.25, 0.3) is 0 Å². The largest absolute Gasteiger partial charge is 0.392 e. The van der Waals surface area contributed by atoms with Gasteiger partial charge in [0.15, 0.2) is 0 Å². The molecule has 1 aromatic carbocycles. The molecule has 0 amide bonds. The van der Waals surface area contributed by atoms with Crippen LogP contribution in [0.2, 0.25) is 5.02 Å². The first-order valence-corrected chi connectivity index (χ1v) is 6.41. The fourth-order valence-electron chi connectivity index (χ4n) is 2.30. The summed E-state index contributed by atoms with van der Waals surface area (Å²) in [5, 5.41) is 11.0. The summed E-state index contributed by atoms with van der Waals surface area (Å²) in [4.78, 5) is 0. The van der Waals surface area contributed by atoms with Crippen LogP contribution in [0.15, 0.2) is 24.3 Å². The zero-order valence-electron chi connectivity index (χ0n) is 9.86. The Balaban J connectivity index is 2.22. The number of rotatable bonds is 4. The molecular formula is C14H19ClO. The van der Waals surface area contributed by atoms with Crippen molar-refractivity contribution in [1.29, 1.82) is 0 Å². The molecule has 1 aromatic rings. The molecular weight excluding hydrogens is 220 g/mol. The molecule has 0 heterocycles. The van der Waals surface area contributed by atoms with Gasteiger partial charge >= 0.3 is 0 Å². The Bertz CT molecular complexity index is 340. The highest BCUT2D eigenvalue weighted by atomic mass is 35.5. The van der Waals surface area contributed by atoms with Crippen LogP contribution in [0.5, 0.6) is 0 Å². The van der Waals surface area contributed by atoms with Crippen molar-refractivity contribution in [2.45, 2.75) is 38.7 Å². The zero-order valence-corrected chi connectivity index (χ0v) is 10.6. The molecule has 2 rings (SSSR count). The third-order valence-corrected chi connectivity index (χ3v) is 3.69. The minimum Gasteiger partial charge on any atom is -0.392 e. The Labute approximate surface area is 102 Å². The van der Waals surface area contributed by atoms with E-state index in [2.05, 4.69) is 26.0 Å². The van der Waals surface area contributed by atoms with Crippen molar-refractivity contribution in [2.24, 2.45) is 11.8 Å². The molecule has 2 atom stereocenters. The molecule has 16 heavy (non-hydrogen) atoms. The Morgan fingerprint density at radius 2 is 1.75 bits per heavy atom. The van der Waals surface area contributed by atoms with Gasteiger partial charge in [0, 0.05) is 10.9 Å². The highest BCUT2D eigenvalue weighted by Gasteiger charge is 2.37. The lowest BCUT2D eigenvalue weighted by molar-refractivity contribution is 0.0878. The summed E-state index contributed by atoms with van der Waals surface area (Å²) in [5.74, 6) is 1.26. The molecule has 88 valence electrons. The summed E-state index contributed by atoms with van der Waals surface area (Å²) in [5.41, 5.74) is 1.23. The second-order valence-corrected chi connectivity index (χ2v) is 5.59. The van der Waals surface area contributed by atoms with Gasteiger partial charge in [-0.15, -0.1) is 0 Å². The second kappa shape index (κ2) is 4.77. The van der Waals surface area contributed by atoms with E-state index in [1.54, 1.807) is 0 Å². The molecule has 1 aliphatic carbocycles. The van der Waals surface area contributed by atoms with Crippen LogP contribution < -0.4 is 0 Å². The standard InChI is InChI=1S/C14H19ClO/c1-9(2)14(16)13(10-3-4-10)11-5-7-12(15)8-6-11/h5-10,13-14,16H,3-4H2,1-2H3. The number of hydrogen-bond donors (Lipinski definition) is 1. The van der Waals surface area contributed by atoms with Crippen LogP contribution >= 0.6 is 11.6 Å². The van der Waals surface area contributed by atoms with Gasteiger partial charge in [0.1, 0.15) is 0 Å². The highest BCUT2D eigenvalue weighted by Crippen LogP contribution is 2.45. The van der Waals surface area contributed by atoms with E-state index in [9.17, 15) is 5.11 Å². The van der Waals surface area contributed by atoms with Crippen LogP contribution in [-0.4, -0.2) is 11.2 Å². The lowest BCUT2D eigenvalue weighted by atomic mass is 9.84. The Kier molecular flexibility index (Phi) is 3.56. The molecule has 0 spiro atoms. The first kappa shape index (κ1) is 11.9. The van der Waals surface area contributed by atoms with Crippen LogP contribution in [0.3, 0.4) is 0 Å². The number of aliphatic hydroxyl groups is 1. The van der Waals surface area contributed by atoms with Crippen molar-refractivity contribution in [3.8, 4) is 0 Å². The van der Waals surface area contributed by atoms with Gasteiger partial charge < -0.3 is 5.11 Å². The third-order valence-electron chi connectivity index (χ3n) is 3.44. The normalized spacial score (nSPS) is 19.8. The van der Waals surface area contributed by atoms with E-state index in [4.69, 9.17) is 11.6 Å². The third kappa shape index (κ3) is 2.58. The predicted octanol–water partition coefficient (Wildman–Crippen LogP) is 3.85. The topological polar surface area (TPSA) is 20.2 Å². The maximum atomic E-state index is 10.3. The molecule has 0 saturated heterocycles. The van der Waals surface area contributed by atoms with Gasteiger partial charge in [-0.3, -0.25) is 0 Å². The summed E-state index contributed by atoms with van der Waals surface area (Å²) < 4.78 is 0. The summed E-state index contributed by atoms with van der Waals surface area (Å²) in [6.45, 7) is 4.16. The van der Waals surface area contributed by atoms with Gasteiger partial charge in [0.25, 0.3) is 0 Å². The van der Waals surface area contributed by atoms with E-state index >= 15 is 0 Å². The van der Waals surface area contributed by atoms with Gasteiger partial charge in [0.2, 0.25) is 0 Å². The van der Waals surface area contributed by atoms with Crippen molar-refractivity contribution in [3.63, 3.8) is 0 Å². The molecule has 0 aromatic heterocycles. The number of benzene rings is 1. The predicted molar refractivity (Wildman–Crippen MR) is 67.8 cm³/mol. The van der Waals surface area contributed by atoms with Gasteiger partial charge in [-0.25, -0.2) is 0 Å². The van der Waals surface area contributed by atoms with Crippen LogP contribution in [-0.2, 0) is 0 Å². The molecule has 1 N–H and O–H groups in total. The van der Waals surface area contributed by atoms with Gasteiger partial charge in [0.05, 0.1) is 6.10 Å². The fraction of sp³-hybridized carbons (Fsp3) is 0.571. The van der Waals surface area contributed by atoms with Crippen molar-refractivity contribution in [2.75, 3.05) is 0 Å². The minimum absolute atomic E-state index is 0.242. The molecule has 1 fully saturated rings. The number of aliphatic hydroxyl groups excluding tert-OH is 1. The molecule has 2 heteroatoms. The Morgan fingerprint density at radius 3 is 2.19 bits per heavy atom. The summed E-state index contributed by atoms with van der Waals surface area (Å²) in [6, 6.07) is 7.94. The first-order chi connectivity index (χ1) is 7.59. The summed E-state index contributed by atoms with van der Waals surface area (Å²) >= 11 is 5.89. The first-order valence-electron chi connectivity index (χ1n) is 6.03. The number of halogens is 1. The molecule has 0 bridgehead atoms. The van der Waals surface area contributed by atoms with Crippen molar-refractivity contribution >= 4 is 11.6 Å². The molecule has 1 aliphatic rings. The second-order valence-electron chi connectivity index (χ2n) is 5.15. The molecule has 2 unspecified atom stereocenters. The average Bonchev–Trinajstić information content (AvgIpc) is 3.05. The summed E-state index contributed by atoms with van der Waals surface area (Å²) in [7, 11) is 0. The Hall–Kier alpha value is -0.530. The monoisotopic (exact) mass is 238 g/mol. The van der Waals surface area contributed by atoms with E-state index in [0.29, 0.717) is 11.8 Å². The minimum atomic E-state index is -0.242. The van der Waals surface area contributed by atoms with E-state index in [1.165, 1.54) is 18.4 Å². The Morgan fingerprint density at radius 1 is 1.19 bits per heavy atom. The van der Waals surface area contributed by atoms with E-state index in [0.717, 1.165) is 5.02 Å². The van der Waals surface area contributed by atoms with Crippen LogP contribution in [0.4, 0.5) is 0 Å². The number of hydrogen-bond acceptors (Lipinski definition) is 1.